The van der Waals surface area contributed by atoms with Crippen LogP contribution in [-0.4, -0.2) is 5.91 Å². The van der Waals surface area contributed by atoms with Gasteiger partial charge < -0.3 is 5.32 Å². The van der Waals surface area contributed by atoms with Crippen LogP contribution in [0.2, 0.25) is 0 Å². The third-order valence-electron chi connectivity index (χ3n) is 2.40. The number of hydrogen-bond donors (Lipinski definition) is 2. The molecule has 1 amide bonds. The van der Waals surface area contributed by atoms with Crippen molar-refractivity contribution in [2.24, 2.45) is 0 Å². The minimum absolute atomic E-state index is 0.0520. The molecule has 0 bridgehead atoms. The Morgan fingerprint density at radius 1 is 1.00 bits per heavy atom. The van der Waals surface area contributed by atoms with E-state index in [2.05, 4.69) is 30.1 Å². The van der Waals surface area contributed by atoms with Crippen LogP contribution in [0, 0.1) is 0 Å². The Labute approximate surface area is 120 Å². The Morgan fingerprint density at radius 2 is 1.53 bits per heavy atom. The van der Waals surface area contributed by atoms with Gasteiger partial charge in [-0.05, 0) is 17.7 Å². The van der Waals surface area contributed by atoms with E-state index in [1.165, 1.54) is 5.56 Å². The molecule has 2 rings (SSSR count). The van der Waals surface area contributed by atoms with E-state index in [0.717, 1.165) is 11.4 Å². The number of hydrogen-bond acceptors (Lipinski definition) is 2. The Morgan fingerprint density at radius 3 is 1.95 bits per heavy atom. The van der Waals surface area contributed by atoms with E-state index in [1.807, 2.05) is 55.5 Å². The number of anilines is 1. The van der Waals surface area contributed by atoms with Gasteiger partial charge in [0.1, 0.15) is 0 Å². The first-order valence-electron chi connectivity index (χ1n) is 6.26. The van der Waals surface area contributed by atoms with Crippen molar-refractivity contribution in [3.05, 3.63) is 66.2 Å². The predicted octanol–water partition coefficient (Wildman–Crippen LogP) is 4.15. The molecule has 0 spiro atoms. The molecule has 0 unspecified atom stereocenters. The van der Waals surface area contributed by atoms with Gasteiger partial charge in [0.2, 0.25) is 5.91 Å². The summed E-state index contributed by atoms with van der Waals surface area (Å²) in [5.74, 6) is 0.886. The van der Waals surface area contributed by atoms with E-state index in [9.17, 15) is 4.79 Å². The van der Waals surface area contributed by atoms with Gasteiger partial charge in [-0.25, -0.2) is 0 Å². The zero-order valence-electron chi connectivity index (χ0n) is 11.0. The Balaban J connectivity index is 0.000000200. The van der Waals surface area contributed by atoms with Crippen molar-refractivity contribution in [1.82, 2.24) is 0 Å². The maximum atomic E-state index is 10.9. The number of para-hydroxylation sites is 1. The van der Waals surface area contributed by atoms with Crippen LogP contribution in [0.1, 0.15) is 18.9 Å². The lowest BCUT2D eigenvalue weighted by Gasteiger charge is -2.00. The summed E-state index contributed by atoms with van der Waals surface area (Å²) in [6.45, 7) is 1.83. The van der Waals surface area contributed by atoms with E-state index >= 15 is 0 Å². The second-order valence-electron chi connectivity index (χ2n) is 3.91. The van der Waals surface area contributed by atoms with E-state index in [-0.39, 0.29) is 5.91 Å². The number of carbonyl (C=O) groups is 1. The third kappa shape index (κ3) is 6.67. The molecule has 0 saturated heterocycles. The first-order chi connectivity index (χ1) is 9.26. The molecule has 0 fully saturated rings. The minimum Gasteiger partial charge on any atom is -0.326 e. The number of nitrogens with one attached hydrogen (secondary N) is 1. The van der Waals surface area contributed by atoms with Gasteiger partial charge in [0.05, 0.1) is 0 Å². The summed E-state index contributed by atoms with van der Waals surface area (Å²) >= 11 is 4.11. The summed E-state index contributed by atoms with van der Waals surface area (Å²) in [4.78, 5) is 10.9. The van der Waals surface area contributed by atoms with Gasteiger partial charge in [0.25, 0.3) is 0 Å². The van der Waals surface area contributed by atoms with E-state index in [1.54, 1.807) is 0 Å². The van der Waals surface area contributed by atoms with Crippen molar-refractivity contribution >= 4 is 24.2 Å². The van der Waals surface area contributed by atoms with Crippen LogP contribution in [0.15, 0.2) is 60.7 Å². The van der Waals surface area contributed by atoms with Crippen molar-refractivity contribution < 1.29 is 4.79 Å². The SMILES string of the molecule is CCC(=O)Nc1ccccc1.SCc1ccccc1. The van der Waals surface area contributed by atoms with Crippen molar-refractivity contribution in [2.45, 2.75) is 19.1 Å². The first-order valence-corrected chi connectivity index (χ1v) is 6.89. The monoisotopic (exact) mass is 273 g/mol. The Kier molecular flexibility index (Phi) is 7.44. The molecule has 0 aliphatic rings. The average molecular weight is 273 g/mol. The van der Waals surface area contributed by atoms with Gasteiger partial charge in [-0.15, -0.1) is 0 Å². The van der Waals surface area contributed by atoms with E-state index in [4.69, 9.17) is 0 Å². The summed E-state index contributed by atoms with van der Waals surface area (Å²) < 4.78 is 0. The van der Waals surface area contributed by atoms with Crippen LogP contribution in [-0.2, 0) is 10.5 Å². The van der Waals surface area contributed by atoms with Crippen molar-refractivity contribution in [3.63, 3.8) is 0 Å². The van der Waals surface area contributed by atoms with Gasteiger partial charge in [-0.1, -0.05) is 55.5 Å². The molecule has 0 radical (unpaired) electrons. The molecule has 0 atom stereocenters. The summed E-state index contributed by atoms with van der Waals surface area (Å²) in [5, 5.41) is 2.75. The van der Waals surface area contributed by atoms with E-state index < -0.39 is 0 Å². The van der Waals surface area contributed by atoms with Crippen LogP contribution in [0.4, 0.5) is 5.69 Å². The van der Waals surface area contributed by atoms with Crippen LogP contribution in [0.25, 0.3) is 0 Å². The van der Waals surface area contributed by atoms with Crippen LogP contribution >= 0.6 is 12.6 Å². The lowest BCUT2D eigenvalue weighted by atomic mass is 10.2. The number of thiol groups is 1. The molecule has 0 saturated carbocycles. The second-order valence-corrected chi connectivity index (χ2v) is 4.23. The molecule has 0 heterocycles. The normalized spacial score (nSPS) is 9.16. The Hall–Kier alpha value is -1.74. The minimum atomic E-state index is 0.0520. The van der Waals surface area contributed by atoms with Crippen LogP contribution in [0.5, 0.6) is 0 Å². The highest BCUT2D eigenvalue weighted by molar-refractivity contribution is 7.79. The van der Waals surface area contributed by atoms with Gasteiger partial charge in [-0.3, -0.25) is 4.79 Å². The highest BCUT2D eigenvalue weighted by Crippen LogP contribution is 2.04. The highest BCUT2D eigenvalue weighted by Gasteiger charge is 1.95. The summed E-state index contributed by atoms with van der Waals surface area (Å²) in [7, 11) is 0. The lowest BCUT2D eigenvalue weighted by molar-refractivity contribution is -0.115. The zero-order chi connectivity index (χ0) is 13.9. The molecule has 19 heavy (non-hydrogen) atoms. The predicted molar refractivity (Wildman–Crippen MR) is 84.5 cm³/mol. The quantitative estimate of drug-likeness (QED) is 0.808. The third-order valence-corrected chi connectivity index (χ3v) is 2.77. The highest BCUT2D eigenvalue weighted by atomic mass is 32.1. The van der Waals surface area contributed by atoms with Gasteiger partial charge in [0, 0.05) is 17.9 Å². The molecule has 0 aromatic heterocycles. The fourth-order valence-electron chi connectivity index (χ4n) is 1.35. The lowest BCUT2D eigenvalue weighted by Crippen LogP contribution is -2.08. The molecular formula is C16H19NOS. The molecule has 100 valence electrons. The average Bonchev–Trinajstić information content (AvgIpc) is 2.49. The van der Waals surface area contributed by atoms with Gasteiger partial charge in [0.15, 0.2) is 0 Å². The molecule has 1 N–H and O–H groups in total. The number of benzene rings is 2. The molecule has 2 aromatic carbocycles. The van der Waals surface area contributed by atoms with Crippen LogP contribution < -0.4 is 5.32 Å². The molecule has 0 aliphatic carbocycles. The van der Waals surface area contributed by atoms with Crippen molar-refractivity contribution in [2.75, 3.05) is 5.32 Å². The molecule has 2 aromatic rings. The molecule has 3 heteroatoms. The molecular weight excluding hydrogens is 254 g/mol. The van der Waals surface area contributed by atoms with Crippen molar-refractivity contribution in [3.8, 4) is 0 Å². The van der Waals surface area contributed by atoms with Gasteiger partial charge in [-0.2, -0.15) is 12.6 Å². The standard InChI is InChI=1S/C9H11NO.C7H8S/c1-2-9(11)10-8-6-4-3-5-7-8;8-6-7-4-2-1-3-5-7/h3-7H,2H2,1H3,(H,10,11);1-5,8H,6H2. The number of amides is 1. The first kappa shape index (κ1) is 15.3. The van der Waals surface area contributed by atoms with Crippen LogP contribution in [0.3, 0.4) is 0 Å². The van der Waals surface area contributed by atoms with Gasteiger partial charge >= 0.3 is 0 Å². The van der Waals surface area contributed by atoms with Crippen molar-refractivity contribution in [1.29, 1.82) is 0 Å². The number of rotatable bonds is 3. The summed E-state index contributed by atoms with van der Waals surface area (Å²) in [6.07, 6.45) is 0.523. The fraction of sp³-hybridized carbons (Fsp3) is 0.188. The summed E-state index contributed by atoms with van der Waals surface area (Å²) in [6, 6.07) is 19.6. The number of carbonyl (C=O) groups excluding carboxylic acids is 1. The smallest absolute Gasteiger partial charge is 0.224 e. The maximum Gasteiger partial charge on any atom is 0.224 e. The largest absolute Gasteiger partial charge is 0.326 e. The second kappa shape index (κ2) is 9.22. The summed E-state index contributed by atoms with van der Waals surface area (Å²) in [5.41, 5.74) is 2.13. The zero-order valence-corrected chi connectivity index (χ0v) is 11.9. The molecule has 2 nitrogen and oxygen atoms in total. The maximum absolute atomic E-state index is 10.9. The molecule has 0 aliphatic heterocycles. The Bertz CT molecular complexity index is 471. The fourth-order valence-corrected chi connectivity index (χ4v) is 1.57. The van der Waals surface area contributed by atoms with E-state index in [0.29, 0.717) is 6.42 Å². The topological polar surface area (TPSA) is 29.1 Å².